The van der Waals surface area contributed by atoms with E-state index in [0.29, 0.717) is 13.0 Å². The molecule has 14 heavy (non-hydrogen) atoms. The average molecular weight is 202 g/mol. The fourth-order valence-corrected chi connectivity index (χ4v) is 0.837. The molecule has 0 aliphatic rings. The summed E-state index contributed by atoms with van der Waals surface area (Å²) in [4.78, 5) is 22.0. The summed E-state index contributed by atoms with van der Waals surface area (Å²) in [5, 5.41) is 2.56. The highest BCUT2D eigenvalue weighted by Crippen LogP contribution is 1.88. The van der Waals surface area contributed by atoms with Gasteiger partial charge in [0.1, 0.15) is 0 Å². The van der Waals surface area contributed by atoms with Gasteiger partial charge in [-0.15, -0.1) is 0 Å². The van der Waals surface area contributed by atoms with Crippen molar-refractivity contribution in [1.29, 1.82) is 0 Å². The van der Waals surface area contributed by atoms with Gasteiger partial charge in [-0.1, -0.05) is 6.92 Å². The number of amides is 1. The molecule has 5 heteroatoms. The van der Waals surface area contributed by atoms with Gasteiger partial charge in [-0.2, -0.15) is 0 Å². The molecule has 5 nitrogen and oxygen atoms in total. The molecule has 0 saturated heterocycles. The Kier molecular flexibility index (Phi) is 6.74. The molecule has 0 heterocycles. The van der Waals surface area contributed by atoms with E-state index in [2.05, 4.69) is 10.1 Å². The maximum absolute atomic E-state index is 11.1. The van der Waals surface area contributed by atoms with Crippen LogP contribution in [0.25, 0.3) is 0 Å². The van der Waals surface area contributed by atoms with E-state index in [1.165, 1.54) is 0 Å². The summed E-state index contributed by atoms with van der Waals surface area (Å²) in [6, 6.07) is -0.489. The van der Waals surface area contributed by atoms with Crippen molar-refractivity contribution >= 4 is 11.9 Å². The molecule has 0 aromatic rings. The molecule has 1 amide bonds. The molecule has 3 N–H and O–H groups in total. The van der Waals surface area contributed by atoms with Gasteiger partial charge >= 0.3 is 5.97 Å². The predicted molar refractivity (Wildman–Crippen MR) is 52.5 cm³/mol. The van der Waals surface area contributed by atoms with Crippen LogP contribution in [-0.4, -0.2) is 31.1 Å². The third kappa shape index (κ3) is 5.53. The van der Waals surface area contributed by atoms with E-state index in [1.807, 2.05) is 6.92 Å². The number of nitrogens with two attached hydrogens (primary N) is 1. The lowest BCUT2D eigenvalue weighted by Crippen LogP contribution is -2.40. The van der Waals surface area contributed by atoms with Crippen molar-refractivity contribution in [3.63, 3.8) is 0 Å². The zero-order valence-corrected chi connectivity index (χ0v) is 8.71. The molecule has 0 rings (SSSR count). The maximum atomic E-state index is 11.1. The number of rotatable bonds is 6. The second-order valence-electron chi connectivity index (χ2n) is 2.86. The summed E-state index contributed by atoms with van der Waals surface area (Å²) >= 11 is 0. The van der Waals surface area contributed by atoms with E-state index < -0.39 is 6.04 Å². The second kappa shape index (κ2) is 7.32. The van der Waals surface area contributed by atoms with Gasteiger partial charge in [0.15, 0.2) is 0 Å². The first kappa shape index (κ1) is 12.9. The van der Waals surface area contributed by atoms with Crippen LogP contribution in [0.4, 0.5) is 0 Å². The van der Waals surface area contributed by atoms with Crippen molar-refractivity contribution < 1.29 is 14.3 Å². The molecule has 0 spiro atoms. The Morgan fingerprint density at radius 3 is 2.57 bits per heavy atom. The number of hydrogen-bond donors (Lipinski definition) is 2. The third-order valence-electron chi connectivity index (χ3n) is 1.71. The molecule has 0 bridgehead atoms. The first-order valence-electron chi connectivity index (χ1n) is 4.80. The Hall–Kier alpha value is -1.10. The molecule has 0 radical (unpaired) electrons. The van der Waals surface area contributed by atoms with E-state index in [1.54, 1.807) is 6.92 Å². The minimum Gasteiger partial charge on any atom is -0.466 e. The van der Waals surface area contributed by atoms with E-state index >= 15 is 0 Å². The van der Waals surface area contributed by atoms with Gasteiger partial charge in [0.25, 0.3) is 0 Å². The fraction of sp³-hybridized carbons (Fsp3) is 0.778. The van der Waals surface area contributed by atoms with Crippen molar-refractivity contribution in [2.45, 2.75) is 32.7 Å². The molecule has 0 unspecified atom stereocenters. The van der Waals surface area contributed by atoms with Crippen molar-refractivity contribution in [3.05, 3.63) is 0 Å². The lowest BCUT2D eigenvalue weighted by Gasteiger charge is -2.09. The van der Waals surface area contributed by atoms with Crippen LogP contribution in [0.2, 0.25) is 0 Å². The molecule has 82 valence electrons. The summed E-state index contributed by atoms with van der Waals surface area (Å²) < 4.78 is 4.69. The van der Waals surface area contributed by atoms with Crippen LogP contribution < -0.4 is 11.1 Å². The van der Waals surface area contributed by atoms with Crippen molar-refractivity contribution in [3.8, 4) is 0 Å². The molecule has 0 fully saturated rings. The Morgan fingerprint density at radius 2 is 2.07 bits per heavy atom. The standard InChI is InChI=1S/C9H18N2O3/c1-3-7(10)9(13)11-6-5-8(12)14-4-2/h7H,3-6,10H2,1-2H3,(H,11,13)/t7-/m1/s1. The second-order valence-corrected chi connectivity index (χ2v) is 2.86. The number of nitrogens with one attached hydrogen (secondary N) is 1. The highest BCUT2D eigenvalue weighted by atomic mass is 16.5. The Bertz CT molecular complexity index is 194. The zero-order valence-electron chi connectivity index (χ0n) is 8.71. The number of ether oxygens (including phenoxy) is 1. The maximum Gasteiger partial charge on any atom is 0.307 e. The smallest absolute Gasteiger partial charge is 0.307 e. The van der Waals surface area contributed by atoms with Crippen LogP contribution in [-0.2, 0) is 14.3 Å². The summed E-state index contributed by atoms with van der Waals surface area (Å²) in [7, 11) is 0. The van der Waals surface area contributed by atoms with E-state index in [4.69, 9.17) is 5.73 Å². The lowest BCUT2D eigenvalue weighted by atomic mass is 10.2. The van der Waals surface area contributed by atoms with E-state index in [-0.39, 0.29) is 24.8 Å². The van der Waals surface area contributed by atoms with Crippen LogP contribution in [0.1, 0.15) is 26.7 Å². The van der Waals surface area contributed by atoms with Crippen LogP contribution >= 0.6 is 0 Å². The normalized spacial score (nSPS) is 11.9. The number of carbonyl (C=O) groups is 2. The van der Waals surface area contributed by atoms with Gasteiger partial charge in [-0.05, 0) is 13.3 Å². The Balaban J connectivity index is 3.54. The van der Waals surface area contributed by atoms with Crippen LogP contribution in [0.5, 0.6) is 0 Å². The zero-order chi connectivity index (χ0) is 11.0. The SMILES string of the molecule is CCOC(=O)CCNC(=O)[C@H](N)CC. The van der Waals surface area contributed by atoms with Crippen LogP contribution in [0, 0.1) is 0 Å². The van der Waals surface area contributed by atoms with Gasteiger partial charge in [0.2, 0.25) is 5.91 Å². The minimum absolute atomic E-state index is 0.190. The first-order chi connectivity index (χ1) is 6.61. The van der Waals surface area contributed by atoms with Crippen molar-refractivity contribution in [2.24, 2.45) is 5.73 Å². The molecule has 0 saturated carbocycles. The highest BCUT2D eigenvalue weighted by Gasteiger charge is 2.10. The summed E-state index contributed by atoms with van der Waals surface area (Å²) in [5.41, 5.74) is 5.46. The number of carbonyl (C=O) groups excluding carboxylic acids is 2. The van der Waals surface area contributed by atoms with Gasteiger partial charge in [0, 0.05) is 6.54 Å². The molecule has 0 aliphatic heterocycles. The fourth-order valence-electron chi connectivity index (χ4n) is 0.837. The van der Waals surface area contributed by atoms with Crippen LogP contribution in [0.15, 0.2) is 0 Å². The molecule has 0 aromatic heterocycles. The number of esters is 1. The topological polar surface area (TPSA) is 81.4 Å². The van der Waals surface area contributed by atoms with Crippen LogP contribution in [0.3, 0.4) is 0 Å². The van der Waals surface area contributed by atoms with E-state index in [9.17, 15) is 9.59 Å². The minimum atomic E-state index is -0.489. The average Bonchev–Trinajstić information content (AvgIpc) is 2.16. The van der Waals surface area contributed by atoms with E-state index in [0.717, 1.165) is 0 Å². The number of hydrogen-bond acceptors (Lipinski definition) is 4. The summed E-state index contributed by atoms with van der Waals surface area (Å²) in [5.74, 6) is -0.533. The Morgan fingerprint density at radius 1 is 1.43 bits per heavy atom. The highest BCUT2D eigenvalue weighted by molar-refractivity contribution is 5.81. The molecule has 0 aliphatic carbocycles. The van der Waals surface area contributed by atoms with Crippen molar-refractivity contribution in [2.75, 3.05) is 13.2 Å². The van der Waals surface area contributed by atoms with Gasteiger partial charge in [0.05, 0.1) is 19.1 Å². The third-order valence-corrected chi connectivity index (χ3v) is 1.71. The Labute approximate surface area is 84.0 Å². The van der Waals surface area contributed by atoms with Gasteiger partial charge < -0.3 is 15.8 Å². The molecule has 1 atom stereocenters. The van der Waals surface area contributed by atoms with Crippen molar-refractivity contribution in [1.82, 2.24) is 5.32 Å². The lowest BCUT2D eigenvalue weighted by molar-refractivity contribution is -0.143. The quantitative estimate of drug-likeness (QED) is 0.584. The first-order valence-corrected chi connectivity index (χ1v) is 4.80. The summed E-state index contributed by atoms with van der Waals surface area (Å²) in [6.45, 7) is 4.21. The predicted octanol–water partition coefficient (Wildman–Crippen LogP) is -0.207. The van der Waals surface area contributed by atoms with Gasteiger partial charge in [-0.25, -0.2) is 0 Å². The largest absolute Gasteiger partial charge is 0.466 e. The summed E-state index contributed by atoms with van der Waals surface area (Å²) in [6.07, 6.45) is 0.779. The molecular weight excluding hydrogens is 184 g/mol. The molecular formula is C9H18N2O3. The molecule has 0 aromatic carbocycles. The van der Waals surface area contributed by atoms with Gasteiger partial charge in [-0.3, -0.25) is 9.59 Å². The monoisotopic (exact) mass is 202 g/mol.